The summed E-state index contributed by atoms with van der Waals surface area (Å²) in [6, 6.07) is 7.23. The van der Waals surface area contributed by atoms with Gasteiger partial charge in [-0.15, -0.1) is 13.2 Å². The highest BCUT2D eigenvalue weighted by molar-refractivity contribution is 5.39. The van der Waals surface area contributed by atoms with Crippen molar-refractivity contribution in [2.24, 2.45) is 0 Å². The number of pyridine rings is 1. The molecule has 2 heterocycles. The van der Waals surface area contributed by atoms with E-state index in [-0.39, 0.29) is 5.75 Å². The predicted octanol–water partition coefficient (Wildman–Crippen LogP) is 4.09. The van der Waals surface area contributed by atoms with E-state index in [1.165, 1.54) is 35.1 Å². The molecule has 0 saturated heterocycles. The van der Waals surface area contributed by atoms with Gasteiger partial charge < -0.3 is 4.74 Å². The zero-order valence-electron chi connectivity index (χ0n) is 12.9. The molecule has 0 aliphatic rings. The van der Waals surface area contributed by atoms with Gasteiger partial charge in [0.1, 0.15) is 11.6 Å². The van der Waals surface area contributed by atoms with E-state index in [9.17, 15) is 17.6 Å². The van der Waals surface area contributed by atoms with E-state index in [0.29, 0.717) is 24.1 Å². The molecule has 3 aromatic rings. The van der Waals surface area contributed by atoms with Crippen LogP contribution in [0.2, 0.25) is 0 Å². The van der Waals surface area contributed by atoms with Crippen molar-refractivity contribution in [2.45, 2.75) is 19.2 Å². The van der Waals surface area contributed by atoms with Crippen molar-refractivity contribution in [3.05, 3.63) is 72.1 Å². The fourth-order valence-electron chi connectivity index (χ4n) is 2.43. The second-order valence-electron chi connectivity index (χ2n) is 5.26. The fourth-order valence-corrected chi connectivity index (χ4v) is 2.43. The number of aromatic nitrogens is 3. The van der Waals surface area contributed by atoms with Gasteiger partial charge in [0.15, 0.2) is 0 Å². The van der Waals surface area contributed by atoms with Gasteiger partial charge in [0.2, 0.25) is 0 Å². The number of hydrogen-bond acceptors (Lipinski definition) is 3. The van der Waals surface area contributed by atoms with Crippen LogP contribution in [0.1, 0.15) is 11.1 Å². The van der Waals surface area contributed by atoms with Gasteiger partial charge in [0, 0.05) is 18.0 Å². The lowest BCUT2D eigenvalue weighted by atomic mass is 10.0. The van der Waals surface area contributed by atoms with Crippen molar-refractivity contribution in [2.75, 3.05) is 0 Å². The lowest BCUT2D eigenvalue weighted by molar-refractivity contribution is -0.274. The maximum atomic E-state index is 14.1. The molecule has 0 atom stereocenters. The molecular formula is C17H13F4N3O. The normalized spacial score (nSPS) is 11.5. The van der Waals surface area contributed by atoms with Gasteiger partial charge in [-0.25, -0.2) is 9.07 Å². The minimum atomic E-state index is -4.72. The molecule has 0 aliphatic carbocycles. The van der Waals surface area contributed by atoms with E-state index in [0.717, 1.165) is 11.8 Å². The van der Waals surface area contributed by atoms with Crippen LogP contribution in [0.3, 0.4) is 0 Å². The molecule has 2 aromatic heterocycles. The first-order valence-corrected chi connectivity index (χ1v) is 7.39. The van der Waals surface area contributed by atoms with Crippen LogP contribution in [0.5, 0.6) is 5.75 Å². The highest BCUT2D eigenvalue weighted by Crippen LogP contribution is 2.24. The van der Waals surface area contributed by atoms with Crippen LogP contribution in [-0.2, 0) is 12.8 Å². The molecule has 1 aromatic carbocycles. The molecule has 0 spiro atoms. The summed E-state index contributed by atoms with van der Waals surface area (Å²) in [5, 5.41) is 4.08. The Morgan fingerprint density at radius 3 is 2.44 bits per heavy atom. The topological polar surface area (TPSA) is 39.9 Å². The maximum absolute atomic E-state index is 14.1. The lowest BCUT2D eigenvalue weighted by Gasteiger charge is -2.11. The zero-order valence-corrected chi connectivity index (χ0v) is 12.9. The Morgan fingerprint density at radius 1 is 1.04 bits per heavy atom. The molecule has 4 nitrogen and oxygen atoms in total. The van der Waals surface area contributed by atoms with Gasteiger partial charge >= 0.3 is 6.36 Å². The largest absolute Gasteiger partial charge is 0.573 e. The van der Waals surface area contributed by atoms with E-state index in [4.69, 9.17) is 0 Å². The number of aryl methyl sites for hydroxylation is 1. The summed E-state index contributed by atoms with van der Waals surface area (Å²) in [5.41, 5.74) is 1.73. The standard InChI is InChI=1S/C17H13F4N3O/c18-15-10-22-11-16(24-9-1-8-23-24)14(15)7-4-12-2-5-13(6-3-12)25-17(19,20)21/h1-3,5-6,8-11H,4,7H2. The van der Waals surface area contributed by atoms with Crippen molar-refractivity contribution >= 4 is 0 Å². The summed E-state index contributed by atoms with van der Waals surface area (Å²) in [6.07, 6.45) is 1.98. The fraction of sp³-hybridized carbons (Fsp3) is 0.176. The van der Waals surface area contributed by atoms with E-state index in [2.05, 4.69) is 14.8 Å². The van der Waals surface area contributed by atoms with E-state index < -0.39 is 12.2 Å². The summed E-state index contributed by atoms with van der Waals surface area (Å²) < 4.78 is 56.0. The average molecular weight is 351 g/mol. The number of hydrogen-bond donors (Lipinski definition) is 0. The molecular weight excluding hydrogens is 338 g/mol. The Kier molecular flexibility index (Phi) is 4.69. The first-order chi connectivity index (χ1) is 11.9. The van der Waals surface area contributed by atoms with Crippen LogP contribution in [0.4, 0.5) is 17.6 Å². The molecule has 0 amide bonds. The Balaban J connectivity index is 1.74. The number of ether oxygens (including phenoxy) is 1. The average Bonchev–Trinajstić information content (AvgIpc) is 3.08. The number of benzene rings is 1. The van der Waals surface area contributed by atoms with Crippen molar-refractivity contribution in [1.29, 1.82) is 0 Å². The van der Waals surface area contributed by atoms with Gasteiger partial charge in [-0.1, -0.05) is 12.1 Å². The van der Waals surface area contributed by atoms with Gasteiger partial charge in [-0.3, -0.25) is 4.98 Å². The van der Waals surface area contributed by atoms with E-state index in [1.54, 1.807) is 18.5 Å². The molecule has 25 heavy (non-hydrogen) atoms. The minimum Gasteiger partial charge on any atom is -0.406 e. The molecule has 0 radical (unpaired) electrons. The number of halogens is 4. The first kappa shape index (κ1) is 16.9. The molecule has 130 valence electrons. The molecule has 0 bridgehead atoms. The van der Waals surface area contributed by atoms with Gasteiger partial charge in [0.25, 0.3) is 0 Å². The van der Waals surface area contributed by atoms with Crippen LogP contribution >= 0.6 is 0 Å². The molecule has 0 unspecified atom stereocenters. The summed E-state index contributed by atoms with van der Waals surface area (Å²) in [6.45, 7) is 0. The maximum Gasteiger partial charge on any atom is 0.573 e. The summed E-state index contributed by atoms with van der Waals surface area (Å²) in [5.74, 6) is -0.742. The smallest absolute Gasteiger partial charge is 0.406 e. The third-order valence-electron chi connectivity index (χ3n) is 3.55. The Morgan fingerprint density at radius 2 is 1.80 bits per heavy atom. The van der Waals surface area contributed by atoms with Crippen molar-refractivity contribution in [3.63, 3.8) is 0 Å². The summed E-state index contributed by atoms with van der Waals surface area (Å²) >= 11 is 0. The van der Waals surface area contributed by atoms with Gasteiger partial charge in [0.05, 0.1) is 18.1 Å². The molecule has 0 fully saturated rings. The third kappa shape index (κ3) is 4.34. The predicted molar refractivity (Wildman–Crippen MR) is 81.9 cm³/mol. The second kappa shape index (κ2) is 6.92. The van der Waals surface area contributed by atoms with Crippen molar-refractivity contribution in [1.82, 2.24) is 14.8 Å². The third-order valence-corrected chi connectivity index (χ3v) is 3.55. The van der Waals surface area contributed by atoms with Crippen LogP contribution in [-0.4, -0.2) is 21.1 Å². The SMILES string of the molecule is Fc1cncc(-n2cccn2)c1CCc1ccc(OC(F)(F)F)cc1. The molecule has 0 aliphatic heterocycles. The molecule has 0 saturated carbocycles. The van der Waals surface area contributed by atoms with Crippen LogP contribution in [0.15, 0.2) is 55.1 Å². The van der Waals surface area contributed by atoms with Crippen LogP contribution < -0.4 is 4.74 Å². The van der Waals surface area contributed by atoms with E-state index >= 15 is 0 Å². The lowest BCUT2D eigenvalue weighted by Crippen LogP contribution is -2.17. The van der Waals surface area contributed by atoms with E-state index in [1.807, 2.05) is 0 Å². The van der Waals surface area contributed by atoms with Crippen molar-refractivity contribution in [3.8, 4) is 11.4 Å². The Bertz CT molecular complexity index is 830. The highest BCUT2D eigenvalue weighted by atomic mass is 19.4. The number of nitrogens with zero attached hydrogens (tertiary/aromatic N) is 3. The minimum absolute atomic E-state index is 0.288. The summed E-state index contributed by atoms with van der Waals surface area (Å²) in [7, 11) is 0. The number of alkyl halides is 3. The Hall–Kier alpha value is -2.90. The summed E-state index contributed by atoms with van der Waals surface area (Å²) in [4.78, 5) is 3.84. The van der Waals surface area contributed by atoms with Crippen molar-refractivity contribution < 1.29 is 22.3 Å². The van der Waals surface area contributed by atoms with Crippen LogP contribution in [0.25, 0.3) is 5.69 Å². The molecule has 3 rings (SSSR count). The second-order valence-corrected chi connectivity index (χ2v) is 5.26. The van der Waals surface area contributed by atoms with Crippen LogP contribution in [0, 0.1) is 5.82 Å². The monoisotopic (exact) mass is 351 g/mol. The highest BCUT2D eigenvalue weighted by Gasteiger charge is 2.30. The zero-order chi connectivity index (χ0) is 17.9. The van der Waals surface area contributed by atoms with Gasteiger partial charge in [-0.2, -0.15) is 5.10 Å². The quantitative estimate of drug-likeness (QED) is 0.650. The Labute approximate surface area is 140 Å². The molecule has 8 heteroatoms. The molecule has 0 N–H and O–H groups in total. The van der Waals surface area contributed by atoms with Gasteiger partial charge in [-0.05, 0) is 36.6 Å². The number of rotatable bonds is 5. The first-order valence-electron chi connectivity index (χ1n) is 7.39.